The van der Waals surface area contributed by atoms with E-state index < -0.39 is 16.1 Å². The summed E-state index contributed by atoms with van der Waals surface area (Å²) >= 11 is 7.33. The first-order chi connectivity index (χ1) is 13.2. The van der Waals surface area contributed by atoms with E-state index >= 15 is 0 Å². The molecule has 0 radical (unpaired) electrons. The zero-order chi connectivity index (χ0) is 20.7. The highest BCUT2D eigenvalue weighted by Crippen LogP contribution is 2.16. The number of hydrogen-bond acceptors (Lipinski definition) is 4. The van der Waals surface area contributed by atoms with Gasteiger partial charge in [0.25, 0.3) is 0 Å². The molecule has 1 atom stereocenters. The summed E-state index contributed by atoms with van der Waals surface area (Å²) in [6.45, 7) is 0.176. The van der Waals surface area contributed by atoms with Crippen molar-refractivity contribution < 1.29 is 17.6 Å². The SMILES string of the molecule is CSCC[C@@H](NS(=O)(=O)c1ccc(Cl)cc1)C(=O)N(C)Cc1cccc(F)c1. The van der Waals surface area contributed by atoms with Crippen LogP contribution >= 0.6 is 23.4 Å². The molecule has 152 valence electrons. The molecule has 0 heterocycles. The molecule has 0 aromatic heterocycles. The molecule has 0 spiro atoms. The summed E-state index contributed by atoms with van der Waals surface area (Å²) in [5.74, 6) is -0.163. The van der Waals surface area contributed by atoms with E-state index in [-0.39, 0.29) is 23.2 Å². The number of carbonyl (C=O) groups excluding carboxylic acids is 1. The van der Waals surface area contributed by atoms with Crippen molar-refractivity contribution in [3.63, 3.8) is 0 Å². The highest BCUT2D eigenvalue weighted by atomic mass is 35.5. The van der Waals surface area contributed by atoms with Gasteiger partial charge in [-0.2, -0.15) is 16.5 Å². The molecule has 0 aliphatic rings. The van der Waals surface area contributed by atoms with E-state index in [4.69, 9.17) is 11.6 Å². The molecule has 1 N–H and O–H groups in total. The molecule has 1 amide bonds. The summed E-state index contributed by atoms with van der Waals surface area (Å²) in [7, 11) is -2.32. The number of benzene rings is 2. The Kier molecular flexibility index (Phi) is 8.30. The number of carbonyl (C=O) groups is 1. The molecule has 0 saturated heterocycles. The zero-order valence-electron chi connectivity index (χ0n) is 15.6. The first-order valence-electron chi connectivity index (χ1n) is 8.49. The topological polar surface area (TPSA) is 66.5 Å². The van der Waals surface area contributed by atoms with Crippen LogP contribution in [-0.4, -0.2) is 44.3 Å². The second kappa shape index (κ2) is 10.2. The normalized spacial score (nSPS) is 12.6. The zero-order valence-corrected chi connectivity index (χ0v) is 18.0. The molecular weight excluding hydrogens is 423 g/mol. The molecule has 9 heteroatoms. The number of nitrogens with zero attached hydrogens (tertiary/aromatic N) is 1. The van der Waals surface area contributed by atoms with Crippen LogP contribution in [0.3, 0.4) is 0 Å². The number of thioether (sulfide) groups is 1. The number of likely N-dealkylation sites (N-methyl/N-ethyl adjacent to an activating group) is 1. The quantitative estimate of drug-likeness (QED) is 0.642. The number of sulfonamides is 1. The monoisotopic (exact) mass is 444 g/mol. The average Bonchev–Trinajstić information content (AvgIpc) is 2.64. The third-order valence-electron chi connectivity index (χ3n) is 4.02. The van der Waals surface area contributed by atoms with Gasteiger partial charge in [-0.25, -0.2) is 12.8 Å². The van der Waals surface area contributed by atoms with E-state index in [9.17, 15) is 17.6 Å². The predicted octanol–water partition coefficient (Wildman–Crippen LogP) is 3.54. The molecule has 0 aliphatic heterocycles. The summed E-state index contributed by atoms with van der Waals surface area (Å²) in [5.41, 5.74) is 0.625. The number of hydrogen-bond donors (Lipinski definition) is 1. The lowest BCUT2D eigenvalue weighted by atomic mass is 10.1. The summed E-state index contributed by atoms with van der Waals surface area (Å²) < 4.78 is 41.2. The lowest BCUT2D eigenvalue weighted by Crippen LogP contribution is -2.47. The van der Waals surface area contributed by atoms with Gasteiger partial charge in [0.1, 0.15) is 11.9 Å². The fourth-order valence-electron chi connectivity index (χ4n) is 2.59. The van der Waals surface area contributed by atoms with Crippen molar-refractivity contribution in [2.75, 3.05) is 19.1 Å². The summed E-state index contributed by atoms with van der Waals surface area (Å²) in [6, 6.07) is 10.8. The Bertz CT molecular complexity index is 908. The lowest BCUT2D eigenvalue weighted by Gasteiger charge is -2.24. The molecule has 0 aliphatic carbocycles. The fraction of sp³-hybridized carbons (Fsp3) is 0.316. The van der Waals surface area contributed by atoms with Gasteiger partial charge in [0.05, 0.1) is 4.90 Å². The average molecular weight is 445 g/mol. The largest absolute Gasteiger partial charge is 0.340 e. The smallest absolute Gasteiger partial charge is 0.241 e. The van der Waals surface area contributed by atoms with Gasteiger partial charge >= 0.3 is 0 Å². The Balaban J connectivity index is 2.16. The van der Waals surface area contributed by atoms with E-state index in [2.05, 4.69) is 4.72 Å². The Morgan fingerprint density at radius 3 is 2.54 bits per heavy atom. The van der Waals surface area contributed by atoms with Gasteiger partial charge in [0, 0.05) is 18.6 Å². The van der Waals surface area contributed by atoms with Crippen LogP contribution in [0.5, 0.6) is 0 Å². The molecular formula is C19H22ClFN2O3S2. The predicted molar refractivity (Wildman–Crippen MR) is 111 cm³/mol. The van der Waals surface area contributed by atoms with Gasteiger partial charge in [-0.1, -0.05) is 23.7 Å². The van der Waals surface area contributed by atoms with E-state index in [0.29, 0.717) is 22.8 Å². The van der Waals surface area contributed by atoms with E-state index in [0.717, 1.165) is 0 Å². The van der Waals surface area contributed by atoms with E-state index in [1.807, 2.05) is 6.26 Å². The van der Waals surface area contributed by atoms with Gasteiger partial charge in [0.2, 0.25) is 15.9 Å². The summed E-state index contributed by atoms with van der Waals surface area (Å²) in [6.07, 6.45) is 2.21. The van der Waals surface area contributed by atoms with Gasteiger partial charge in [-0.3, -0.25) is 4.79 Å². The molecule has 0 fully saturated rings. The Hall–Kier alpha value is -1.61. The summed E-state index contributed by atoms with van der Waals surface area (Å²) in [5, 5.41) is 0.420. The van der Waals surface area contributed by atoms with Crippen molar-refractivity contribution in [1.82, 2.24) is 9.62 Å². The Morgan fingerprint density at radius 1 is 1.25 bits per heavy atom. The molecule has 2 aromatic rings. The lowest BCUT2D eigenvalue weighted by molar-refractivity contribution is -0.132. The van der Waals surface area contributed by atoms with Crippen molar-refractivity contribution in [2.45, 2.75) is 23.9 Å². The molecule has 2 aromatic carbocycles. The fourth-order valence-corrected chi connectivity index (χ4v) is 4.41. The van der Waals surface area contributed by atoms with Gasteiger partial charge in [-0.15, -0.1) is 0 Å². The molecule has 5 nitrogen and oxygen atoms in total. The van der Waals surface area contributed by atoms with Gasteiger partial charge in [0.15, 0.2) is 0 Å². The summed E-state index contributed by atoms with van der Waals surface area (Å²) in [4.78, 5) is 14.3. The first kappa shape index (κ1) is 22.7. The van der Waals surface area contributed by atoms with Crippen molar-refractivity contribution in [3.8, 4) is 0 Å². The minimum atomic E-state index is -3.89. The van der Waals surface area contributed by atoms with Crippen molar-refractivity contribution in [2.24, 2.45) is 0 Å². The van der Waals surface area contributed by atoms with Crippen molar-refractivity contribution in [3.05, 3.63) is 64.9 Å². The van der Waals surface area contributed by atoms with E-state index in [1.54, 1.807) is 19.2 Å². The first-order valence-corrected chi connectivity index (χ1v) is 11.7. The minimum Gasteiger partial charge on any atom is -0.340 e. The van der Waals surface area contributed by atoms with Gasteiger partial charge < -0.3 is 4.90 Å². The molecule has 0 unspecified atom stereocenters. The van der Waals surface area contributed by atoms with Crippen LogP contribution in [0.2, 0.25) is 5.02 Å². The van der Waals surface area contributed by atoms with Crippen LogP contribution < -0.4 is 4.72 Å². The standard InChI is InChI=1S/C19H22ClFN2O3S2/c1-23(13-14-4-3-5-16(21)12-14)19(24)18(10-11-27-2)22-28(25,26)17-8-6-15(20)7-9-17/h3-9,12,18,22H,10-11,13H2,1-2H3/t18-/m1/s1. The van der Waals surface area contributed by atoms with Crippen molar-refractivity contribution >= 4 is 39.3 Å². The second-order valence-corrected chi connectivity index (χ2v) is 9.37. The second-order valence-electron chi connectivity index (χ2n) is 6.23. The maximum Gasteiger partial charge on any atom is 0.241 e. The number of rotatable bonds is 9. The van der Waals surface area contributed by atoms with Crippen molar-refractivity contribution in [1.29, 1.82) is 0 Å². The molecule has 0 saturated carbocycles. The molecule has 28 heavy (non-hydrogen) atoms. The van der Waals surface area contributed by atoms with Gasteiger partial charge in [-0.05, 0) is 60.4 Å². The minimum absolute atomic E-state index is 0.0339. The maximum absolute atomic E-state index is 13.4. The van der Waals surface area contributed by atoms with Crippen LogP contribution in [0.25, 0.3) is 0 Å². The maximum atomic E-state index is 13.4. The van der Waals surface area contributed by atoms with Crippen LogP contribution in [0.15, 0.2) is 53.4 Å². The van der Waals surface area contributed by atoms with Crippen LogP contribution in [-0.2, 0) is 21.4 Å². The highest BCUT2D eigenvalue weighted by molar-refractivity contribution is 7.98. The number of halogens is 2. The number of amides is 1. The number of nitrogens with one attached hydrogen (secondary N) is 1. The van der Waals surface area contributed by atoms with Crippen LogP contribution in [0, 0.1) is 5.82 Å². The molecule has 0 bridgehead atoms. The Labute approximate surface area is 174 Å². The third-order valence-corrected chi connectivity index (χ3v) is 6.40. The van der Waals surface area contributed by atoms with Crippen LogP contribution in [0.4, 0.5) is 4.39 Å². The third kappa shape index (κ3) is 6.48. The Morgan fingerprint density at radius 2 is 1.93 bits per heavy atom. The highest BCUT2D eigenvalue weighted by Gasteiger charge is 2.27. The van der Waals surface area contributed by atoms with Crippen LogP contribution in [0.1, 0.15) is 12.0 Å². The van der Waals surface area contributed by atoms with E-state index in [1.165, 1.54) is 53.1 Å². The molecule has 2 rings (SSSR count).